The molecule has 3 N–H and O–H groups in total. The number of aryl methyl sites for hydroxylation is 1. The van der Waals surface area contributed by atoms with Gasteiger partial charge in [0.1, 0.15) is 30.6 Å². The van der Waals surface area contributed by atoms with E-state index in [9.17, 15) is 33.0 Å². The van der Waals surface area contributed by atoms with Crippen LogP contribution in [0.1, 0.15) is 38.4 Å². The molecule has 13 heteroatoms. The number of carbonyl (C=O) groups excluding carboxylic acids is 1. The lowest BCUT2D eigenvalue weighted by Gasteiger charge is -2.23. The average Bonchev–Trinajstić information content (AvgIpc) is 2.80. The summed E-state index contributed by atoms with van der Waals surface area (Å²) in [6.07, 6.45) is -0.135. The summed E-state index contributed by atoms with van der Waals surface area (Å²) >= 11 is 0. The summed E-state index contributed by atoms with van der Waals surface area (Å²) in [5.74, 6) is -3.51. The predicted molar refractivity (Wildman–Crippen MR) is 134 cm³/mol. The van der Waals surface area contributed by atoms with E-state index < -0.39 is 52.1 Å². The second kappa shape index (κ2) is 13.2. The third-order valence-electron chi connectivity index (χ3n) is 5.01. The van der Waals surface area contributed by atoms with Gasteiger partial charge in [0.25, 0.3) is 10.1 Å². The van der Waals surface area contributed by atoms with Gasteiger partial charge in [0.2, 0.25) is 0 Å². The fourth-order valence-corrected chi connectivity index (χ4v) is 4.07. The van der Waals surface area contributed by atoms with E-state index in [4.69, 9.17) is 13.7 Å². The number of hydrogen-bond acceptors (Lipinski definition) is 9. The molecule has 38 heavy (non-hydrogen) atoms. The average molecular weight is 553 g/mol. The van der Waals surface area contributed by atoms with Crippen molar-refractivity contribution >= 4 is 28.1 Å². The summed E-state index contributed by atoms with van der Waals surface area (Å²) in [7, 11) is -3.92. The molecular weight excluding hydrogens is 520 g/mol. The van der Waals surface area contributed by atoms with Gasteiger partial charge < -0.3 is 25.0 Å². The highest BCUT2D eigenvalue weighted by atomic mass is 32.2. The maximum absolute atomic E-state index is 12.2. The SMILES string of the molecule is Cc1ccc(S(=O)(=O)OCCOc2ccc(C[C@@H](C[C@H](NC(=O)OC(C)(C)C)C(=O)O)C(=O)O)nc2)cc1. The summed E-state index contributed by atoms with van der Waals surface area (Å²) in [6, 6.07) is 7.76. The van der Waals surface area contributed by atoms with Crippen molar-refractivity contribution in [3.05, 3.63) is 53.9 Å². The van der Waals surface area contributed by atoms with Crippen molar-refractivity contribution in [3.63, 3.8) is 0 Å². The second-order valence-corrected chi connectivity index (χ2v) is 11.1. The number of ether oxygens (including phenoxy) is 2. The van der Waals surface area contributed by atoms with Crippen LogP contribution in [0.5, 0.6) is 5.75 Å². The number of carboxylic acids is 2. The van der Waals surface area contributed by atoms with E-state index in [-0.39, 0.29) is 24.5 Å². The van der Waals surface area contributed by atoms with Crippen molar-refractivity contribution in [2.24, 2.45) is 5.92 Å². The molecular formula is C25H32N2O10S. The minimum absolute atomic E-state index is 0.0357. The van der Waals surface area contributed by atoms with Crippen LogP contribution in [0.4, 0.5) is 4.79 Å². The molecule has 0 unspecified atom stereocenters. The molecule has 0 aliphatic rings. The van der Waals surface area contributed by atoms with Crippen LogP contribution >= 0.6 is 0 Å². The van der Waals surface area contributed by atoms with Crippen LogP contribution in [-0.4, -0.2) is 66.5 Å². The number of carbonyl (C=O) groups is 3. The molecule has 0 saturated heterocycles. The van der Waals surface area contributed by atoms with Crippen molar-refractivity contribution in [2.75, 3.05) is 13.2 Å². The summed E-state index contributed by atoms with van der Waals surface area (Å²) < 4.78 is 39.8. The molecule has 2 rings (SSSR count). The molecule has 1 aromatic carbocycles. The first-order valence-corrected chi connectivity index (χ1v) is 13.1. The molecule has 0 fully saturated rings. The zero-order valence-corrected chi connectivity index (χ0v) is 22.4. The Hall–Kier alpha value is -3.71. The van der Waals surface area contributed by atoms with Crippen LogP contribution in [0, 0.1) is 12.8 Å². The van der Waals surface area contributed by atoms with Gasteiger partial charge in [-0.15, -0.1) is 0 Å². The number of pyridine rings is 1. The van der Waals surface area contributed by atoms with Gasteiger partial charge in [0.05, 0.1) is 17.0 Å². The second-order valence-electron chi connectivity index (χ2n) is 9.43. The van der Waals surface area contributed by atoms with Crippen LogP contribution in [0.2, 0.25) is 0 Å². The molecule has 12 nitrogen and oxygen atoms in total. The number of benzene rings is 1. The van der Waals surface area contributed by atoms with E-state index in [1.807, 2.05) is 6.92 Å². The monoisotopic (exact) mass is 552 g/mol. The molecule has 208 valence electrons. The molecule has 1 aromatic heterocycles. The minimum Gasteiger partial charge on any atom is -0.490 e. The van der Waals surface area contributed by atoms with E-state index in [2.05, 4.69) is 10.3 Å². The Morgan fingerprint density at radius 1 is 1.00 bits per heavy atom. The third-order valence-corrected chi connectivity index (χ3v) is 6.34. The van der Waals surface area contributed by atoms with Gasteiger partial charge in [-0.3, -0.25) is 14.0 Å². The van der Waals surface area contributed by atoms with Gasteiger partial charge in [-0.1, -0.05) is 17.7 Å². The van der Waals surface area contributed by atoms with Crippen molar-refractivity contribution in [2.45, 2.75) is 57.1 Å². The zero-order valence-electron chi connectivity index (χ0n) is 21.5. The number of amides is 1. The quantitative estimate of drug-likeness (QED) is 0.246. The number of hydrogen-bond donors (Lipinski definition) is 3. The Kier molecular flexibility index (Phi) is 10.6. The fourth-order valence-electron chi connectivity index (χ4n) is 3.17. The maximum atomic E-state index is 12.2. The summed E-state index contributed by atoms with van der Waals surface area (Å²) in [6.45, 7) is 6.36. The van der Waals surface area contributed by atoms with Crippen LogP contribution in [0.25, 0.3) is 0 Å². The lowest BCUT2D eigenvalue weighted by Crippen LogP contribution is -2.45. The Labute approximate surface area is 221 Å². The molecule has 2 aromatic rings. The summed E-state index contributed by atoms with van der Waals surface area (Å²) in [4.78, 5) is 39.5. The molecule has 0 aliphatic heterocycles. The van der Waals surface area contributed by atoms with Crippen molar-refractivity contribution < 1.29 is 46.7 Å². The number of nitrogens with one attached hydrogen (secondary N) is 1. The number of alkyl carbamates (subject to hydrolysis) is 1. The normalized spacial score (nSPS) is 13.3. The highest BCUT2D eigenvalue weighted by molar-refractivity contribution is 7.86. The standard InChI is InChI=1S/C25H32N2O10S/c1-16-5-9-20(10-6-16)38(33,34)36-12-11-35-19-8-7-18(26-15-19)13-17(22(28)29)14-21(23(30)31)27-24(32)37-25(2,3)4/h5-10,15,17,21H,11-14H2,1-4H3,(H,27,32)(H,28,29)(H,30,31)/t17-,21-/m0/s1. The molecule has 0 spiro atoms. The van der Waals surface area contributed by atoms with Gasteiger partial charge in [-0.25, -0.2) is 9.59 Å². The number of carboxylic acid groups (broad SMARTS) is 2. The summed E-state index contributed by atoms with van der Waals surface area (Å²) in [5.41, 5.74) is 0.413. The molecule has 1 amide bonds. The first-order chi connectivity index (χ1) is 17.7. The van der Waals surface area contributed by atoms with Crippen molar-refractivity contribution in [1.82, 2.24) is 10.3 Å². The highest BCUT2D eigenvalue weighted by Crippen LogP contribution is 2.18. The van der Waals surface area contributed by atoms with E-state index in [0.717, 1.165) is 5.56 Å². The lowest BCUT2D eigenvalue weighted by atomic mass is 9.94. The lowest BCUT2D eigenvalue weighted by molar-refractivity contribution is -0.144. The molecule has 0 radical (unpaired) electrons. The molecule has 0 aliphatic carbocycles. The van der Waals surface area contributed by atoms with Gasteiger partial charge in [0.15, 0.2) is 0 Å². The Bertz CT molecular complexity index is 1210. The number of aliphatic carboxylic acids is 2. The van der Waals surface area contributed by atoms with Gasteiger partial charge in [-0.2, -0.15) is 8.42 Å². The van der Waals surface area contributed by atoms with Crippen LogP contribution in [0.3, 0.4) is 0 Å². The molecule has 2 atom stereocenters. The molecule has 1 heterocycles. The van der Waals surface area contributed by atoms with Gasteiger partial charge in [-0.05, 0) is 58.4 Å². The van der Waals surface area contributed by atoms with Crippen LogP contribution in [-0.2, 0) is 35.0 Å². The maximum Gasteiger partial charge on any atom is 0.408 e. The third kappa shape index (κ3) is 10.3. The number of nitrogens with zero attached hydrogens (tertiary/aromatic N) is 1. The molecule has 0 bridgehead atoms. The fraction of sp³-hybridized carbons (Fsp3) is 0.440. The van der Waals surface area contributed by atoms with Crippen molar-refractivity contribution in [3.8, 4) is 5.75 Å². The van der Waals surface area contributed by atoms with E-state index in [1.165, 1.54) is 30.5 Å². The number of rotatable bonds is 13. The first kappa shape index (κ1) is 30.5. The Morgan fingerprint density at radius 3 is 2.18 bits per heavy atom. The zero-order chi connectivity index (χ0) is 28.5. The van der Waals surface area contributed by atoms with Gasteiger partial charge in [0, 0.05) is 12.1 Å². The molecule has 0 saturated carbocycles. The van der Waals surface area contributed by atoms with Crippen LogP contribution < -0.4 is 10.1 Å². The number of aromatic nitrogens is 1. The first-order valence-electron chi connectivity index (χ1n) is 11.7. The van der Waals surface area contributed by atoms with E-state index in [1.54, 1.807) is 32.9 Å². The van der Waals surface area contributed by atoms with E-state index in [0.29, 0.717) is 11.4 Å². The summed E-state index contributed by atoms with van der Waals surface area (Å²) in [5, 5.41) is 21.2. The largest absolute Gasteiger partial charge is 0.490 e. The van der Waals surface area contributed by atoms with E-state index >= 15 is 0 Å². The topological polar surface area (TPSA) is 178 Å². The highest BCUT2D eigenvalue weighted by Gasteiger charge is 2.30. The Morgan fingerprint density at radius 2 is 1.66 bits per heavy atom. The minimum atomic E-state index is -3.92. The van der Waals surface area contributed by atoms with Gasteiger partial charge >= 0.3 is 18.0 Å². The van der Waals surface area contributed by atoms with Crippen LogP contribution in [0.15, 0.2) is 47.5 Å². The van der Waals surface area contributed by atoms with Crippen molar-refractivity contribution in [1.29, 1.82) is 0 Å². The Balaban J connectivity index is 1.90. The smallest absolute Gasteiger partial charge is 0.408 e. The predicted octanol–water partition coefficient (Wildman–Crippen LogP) is 2.79.